The molecule has 1 N–H and O–H groups in total. The van der Waals surface area contributed by atoms with Crippen molar-refractivity contribution in [3.63, 3.8) is 0 Å². The number of aryl methyl sites for hydroxylation is 2. The highest BCUT2D eigenvalue weighted by molar-refractivity contribution is 5.90. The van der Waals surface area contributed by atoms with Crippen LogP contribution in [0.3, 0.4) is 0 Å². The van der Waals surface area contributed by atoms with E-state index >= 15 is 0 Å². The molecule has 180 valence electrons. The second kappa shape index (κ2) is 10.9. The van der Waals surface area contributed by atoms with Gasteiger partial charge in [-0.2, -0.15) is 5.10 Å². The molecule has 0 saturated heterocycles. The highest BCUT2D eigenvalue weighted by atomic mass is 19.1. The Bertz CT molecular complexity index is 1300. The maximum absolute atomic E-state index is 13.2. The van der Waals surface area contributed by atoms with E-state index < -0.39 is 0 Å². The molecule has 0 aliphatic carbocycles. The van der Waals surface area contributed by atoms with Gasteiger partial charge in [0.2, 0.25) is 11.8 Å². The first kappa shape index (κ1) is 24.0. The molecule has 0 saturated carbocycles. The number of hydrogen-bond acceptors (Lipinski definition) is 4. The number of nitrogens with zero attached hydrogens (tertiary/aromatic N) is 2. The molecule has 4 aromatic rings. The number of para-hydroxylation sites is 1. The largest absolute Gasteiger partial charge is 0.497 e. The molecule has 1 heterocycles. The number of carbonyl (C=O) groups excluding carboxylic acids is 1. The first-order valence-corrected chi connectivity index (χ1v) is 11.5. The number of hydrogen-bond donors (Lipinski definition) is 1. The molecular weight excluding hydrogens is 445 g/mol. The Labute approximate surface area is 204 Å². The van der Waals surface area contributed by atoms with Gasteiger partial charge in [0.25, 0.3) is 0 Å². The van der Waals surface area contributed by atoms with Gasteiger partial charge in [0.1, 0.15) is 17.3 Å². The summed E-state index contributed by atoms with van der Waals surface area (Å²) in [6.45, 7) is 4.01. The minimum absolute atomic E-state index is 0.169. The van der Waals surface area contributed by atoms with Crippen LogP contribution in [0.15, 0.2) is 72.8 Å². The number of halogens is 1. The van der Waals surface area contributed by atoms with E-state index in [9.17, 15) is 9.18 Å². The number of aromatic nitrogens is 2. The van der Waals surface area contributed by atoms with Gasteiger partial charge in [-0.05, 0) is 79.9 Å². The van der Waals surface area contributed by atoms with Crippen LogP contribution in [0, 0.1) is 12.7 Å². The molecular formula is C28H28FN3O3. The van der Waals surface area contributed by atoms with Crippen LogP contribution in [0.2, 0.25) is 0 Å². The van der Waals surface area contributed by atoms with Gasteiger partial charge in [0.05, 0.1) is 18.5 Å². The lowest BCUT2D eigenvalue weighted by Crippen LogP contribution is -2.13. The quantitative estimate of drug-likeness (QED) is 0.312. The normalized spacial score (nSPS) is 10.7. The third-order valence-corrected chi connectivity index (χ3v) is 5.70. The van der Waals surface area contributed by atoms with Gasteiger partial charge < -0.3 is 14.8 Å². The maximum atomic E-state index is 13.2. The third kappa shape index (κ3) is 5.69. The molecule has 1 amide bonds. The van der Waals surface area contributed by atoms with Crippen LogP contribution < -0.4 is 14.8 Å². The second-order valence-electron chi connectivity index (χ2n) is 8.12. The van der Waals surface area contributed by atoms with Crippen molar-refractivity contribution in [2.45, 2.75) is 33.1 Å². The van der Waals surface area contributed by atoms with Crippen LogP contribution in [0.4, 0.5) is 10.1 Å². The summed E-state index contributed by atoms with van der Waals surface area (Å²) in [5, 5.41) is 7.65. The first-order chi connectivity index (χ1) is 17.0. The van der Waals surface area contributed by atoms with E-state index in [4.69, 9.17) is 14.6 Å². The van der Waals surface area contributed by atoms with Gasteiger partial charge in [-0.15, -0.1) is 0 Å². The summed E-state index contributed by atoms with van der Waals surface area (Å²) in [6, 6.07) is 21.1. The number of carbonyl (C=O) groups is 1. The molecule has 0 atom stereocenters. The molecule has 35 heavy (non-hydrogen) atoms. The standard InChI is InChI=1S/C28H28FN3O3/c1-4-25-24(17-18-27(33)30-21-11-9-20(29)10-12-21)28(35-26-8-6-5-7-19(26)2)32(31-25)22-13-15-23(34-3)16-14-22/h5-16H,4,17-18H2,1-3H3,(H,30,33). The summed E-state index contributed by atoms with van der Waals surface area (Å²) in [5.41, 5.74) is 4.11. The van der Waals surface area contributed by atoms with E-state index in [0.717, 1.165) is 34.0 Å². The smallest absolute Gasteiger partial charge is 0.226 e. The SMILES string of the molecule is CCc1nn(-c2ccc(OC)cc2)c(Oc2ccccc2C)c1CCC(=O)Nc1ccc(F)cc1. The van der Waals surface area contributed by atoms with E-state index in [1.165, 1.54) is 12.1 Å². The first-order valence-electron chi connectivity index (χ1n) is 11.5. The Morgan fingerprint density at radius 3 is 2.40 bits per heavy atom. The molecule has 0 bridgehead atoms. The Hall–Kier alpha value is -4.13. The lowest BCUT2D eigenvalue weighted by molar-refractivity contribution is -0.116. The molecule has 0 spiro atoms. The molecule has 0 fully saturated rings. The van der Waals surface area contributed by atoms with E-state index in [-0.39, 0.29) is 18.1 Å². The molecule has 4 rings (SSSR count). The number of ether oxygens (including phenoxy) is 2. The lowest BCUT2D eigenvalue weighted by Gasteiger charge is -2.13. The fourth-order valence-electron chi connectivity index (χ4n) is 3.79. The van der Waals surface area contributed by atoms with Crippen LogP contribution in [-0.2, 0) is 17.6 Å². The van der Waals surface area contributed by atoms with Crippen LogP contribution >= 0.6 is 0 Å². The number of anilines is 1. The van der Waals surface area contributed by atoms with Crippen molar-refractivity contribution in [3.05, 3.63) is 95.4 Å². The average Bonchev–Trinajstić information content (AvgIpc) is 3.22. The number of benzene rings is 3. The Kier molecular flexibility index (Phi) is 7.45. The fourth-order valence-corrected chi connectivity index (χ4v) is 3.79. The summed E-state index contributed by atoms with van der Waals surface area (Å²) >= 11 is 0. The topological polar surface area (TPSA) is 65.4 Å². The average molecular weight is 474 g/mol. The molecule has 0 unspecified atom stereocenters. The van der Waals surface area contributed by atoms with Crippen molar-refractivity contribution in [1.29, 1.82) is 0 Å². The maximum Gasteiger partial charge on any atom is 0.226 e. The van der Waals surface area contributed by atoms with Crippen molar-refractivity contribution in [2.24, 2.45) is 0 Å². The van der Waals surface area contributed by atoms with E-state index in [1.807, 2.05) is 62.4 Å². The number of methoxy groups -OCH3 is 1. The van der Waals surface area contributed by atoms with Crippen LogP contribution in [0.5, 0.6) is 17.4 Å². The molecule has 3 aromatic carbocycles. The van der Waals surface area contributed by atoms with Gasteiger partial charge in [-0.3, -0.25) is 4.79 Å². The van der Waals surface area contributed by atoms with Gasteiger partial charge in [-0.1, -0.05) is 25.1 Å². The van der Waals surface area contributed by atoms with Gasteiger partial charge in [0.15, 0.2) is 0 Å². The van der Waals surface area contributed by atoms with Gasteiger partial charge >= 0.3 is 0 Å². The summed E-state index contributed by atoms with van der Waals surface area (Å²) in [6.07, 6.45) is 1.35. The van der Waals surface area contributed by atoms with E-state index in [2.05, 4.69) is 5.32 Å². The van der Waals surface area contributed by atoms with Crippen molar-refractivity contribution in [3.8, 4) is 23.1 Å². The molecule has 0 aliphatic rings. The minimum Gasteiger partial charge on any atom is -0.497 e. The molecule has 0 radical (unpaired) electrons. The highest BCUT2D eigenvalue weighted by Gasteiger charge is 2.22. The van der Waals surface area contributed by atoms with Crippen molar-refractivity contribution in [2.75, 3.05) is 12.4 Å². The van der Waals surface area contributed by atoms with E-state index in [0.29, 0.717) is 24.4 Å². The van der Waals surface area contributed by atoms with Crippen molar-refractivity contribution < 1.29 is 18.7 Å². The molecule has 0 aliphatic heterocycles. The fraction of sp³-hybridized carbons (Fsp3) is 0.214. The van der Waals surface area contributed by atoms with Crippen LogP contribution in [0.1, 0.15) is 30.2 Å². The van der Waals surface area contributed by atoms with Crippen molar-refractivity contribution >= 4 is 11.6 Å². The van der Waals surface area contributed by atoms with Crippen LogP contribution in [-0.4, -0.2) is 22.8 Å². The Balaban J connectivity index is 1.66. The summed E-state index contributed by atoms with van der Waals surface area (Å²) in [7, 11) is 1.62. The Morgan fingerprint density at radius 2 is 1.74 bits per heavy atom. The highest BCUT2D eigenvalue weighted by Crippen LogP contribution is 2.34. The summed E-state index contributed by atoms with van der Waals surface area (Å²) in [5.74, 6) is 1.53. The molecule has 1 aromatic heterocycles. The monoisotopic (exact) mass is 473 g/mol. The van der Waals surface area contributed by atoms with Crippen LogP contribution in [0.25, 0.3) is 5.69 Å². The predicted octanol–water partition coefficient (Wildman–Crippen LogP) is 6.25. The van der Waals surface area contributed by atoms with Gasteiger partial charge in [-0.25, -0.2) is 9.07 Å². The predicted molar refractivity (Wildman–Crippen MR) is 134 cm³/mol. The summed E-state index contributed by atoms with van der Waals surface area (Å²) < 4.78 is 26.7. The number of rotatable bonds is 9. The van der Waals surface area contributed by atoms with Crippen molar-refractivity contribution in [1.82, 2.24) is 9.78 Å². The summed E-state index contributed by atoms with van der Waals surface area (Å²) in [4.78, 5) is 12.7. The lowest BCUT2D eigenvalue weighted by atomic mass is 10.1. The Morgan fingerprint density at radius 1 is 1.03 bits per heavy atom. The number of nitrogens with one attached hydrogen (secondary N) is 1. The zero-order valence-electron chi connectivity index (χ0n) is 20.0. The minimum atomic E-state index is -0.348. The zero-order valence-corrected chi connectivity index (χ0v) is 20.0. The zero-order chi connectivity index (χ0) is 24.8. The number of amides is 1. The van der Waals surface area contributed by atoms with E-state index in [1.54, 1.807) is 23.9 Å². The molecule has 6 nitrogen and oxygen atoms in total. The third-order valence-electron chi connectivity index (χ3n) is 5.70. The second-order valence-corrected chi connectivity index (χ2v) is 8.12. The van der Waals surface area contributed by atoms with Gasteiger partial charge in [0, 0.05) is 17.7 Å². The molecule has 7 heteroatoms.